The third-order valence-corrected chi connectivity index (χ3v) is 3.95. The predicted octanol–water partition coefficient (Wildman–Crippen LogP) is 3.71. The van der Waals surface area contributed by atoms with Gasteiger partial charge in [-0.05, 0) is 48.9 Å². The number of aromatic nitrogens is 1. The number of aromatic amines is 1. The summed E-state index contributed by atoms with van der Waals surface area (Å²) in [5.41, 5.74) is 3.01. The van der Waals surface area contributed by atoms with Crippen LogP contribution in [0.2, 0.25) is 0 Å². The summed E-state index contributed by atoms with van der Waals surface area (Å²) < 4.78 is 11.1. The molecule has 1 N–H and O–H groups in total. The second kappa shape index (κ2) is 7.30. The molecule has 5 nitrogen and oxygen atoms in total. The van der Waals surface area contributed by atoms with E-state index in [1.165, 1.54) is 17.3 Å². The Bertz CT molecular complexity index is 878. The fraction of sp³-hybridized carbons (Fsp3) is 0.250. The van der Waals surface area contributed by atoms with E-state index < -0.39 is 0 Å². The standard InChI is InChI=1S/C20H22N2O3/c1-14(11-15-5-4-6-17(12-15)22(2)3)24-18-9-7-16(8-10-18)19-13-20(23)21-25-19/h4-10,12-14H,11H2,1-3H3,(H,21,23). The fourth-order valence-electron chi connectivity index (χ4n) is 2.69. The minimum atomic E-state index is -0.246. The maximum atomic E-state index is 11.1. The molecule has 0 saturated carbocycles. The molecule has 0 saturated heterocycles. The zero-order valence-corrected chi connectivity index (χ0v) is 14.7. The van der Waals surface area contributed by atoms with Crippen molar-refractivity contribution in [2.24, 2.45) is 0 Å². The SMILES string of the molecule is CC(Cc1cccc(N(C)C)c1)Oc1ccc(-c2cc(=O)[nH]o2)cc1. The van der Waals surface area contributed by atoms with Gasteiger partial charge in [0.15, 0.2) is 5.76 Å². The summed E-state index contributed by atoms with van der Waals surface area (Å²) in [7, 11) is 4.07. The normalized spacial score (nSPS) is 12.0. The van der Waals surface area contributed by atoms with E-state index in [0.717, 1.165) is 17.7 Å². The number of benzene rings is 2. The molecule has 0 amide bonds. The van der Waals surface area contributed by atoms with Crippen molar-refractivity contribution in [3.63, 3.8) is 0 Å². The molecular formula is C20H22N2O3. The first-order valence-electron chi connectivity index (χ1n) is 8.23. The van der Waals surface area contributed by atoms with Gasteiger partial charge in [0.2, 0.25) is 0 Å². The zero-order valence-electron chi connectivity index (χ0n) is 14.7. The van der Waals surface area contributed by atoms with Crippen LogP contribution in [0.3, 0.4) is 0 Å². The van der Waals surface area contributed by atoms with E-state index in [1.54, 1.807) is 0 Å². The minimum Gasteiger partial charge on any atom is -0.490 e. The Hall–Kier alpha value is -2.95. The van der Waals surface area contributed by atoms with Gasteiger partial charge in [0.25, 0.3) is 5.56 Å². The van der Waals surface area contributed by atoms with Crippen molar-refractivity contribution in [2.45, 2.75) is 19.4 Å². The Balaban J connectivity index is 1.64. The van der Waals surface area contributed by atoms with Crippen LogP contribution in [0.1, 0.15) is 12.5 Å². The van der Waals surface area contributed by atoms with Crippen LogP contribution in [0.15, 0.2) is 63.9 Å². The van der Waals surface area contributed by atoms with Crippen molar-refractivity contribution in [3.8, 4) is 17.1 Å². The van der Waals surface area contributed by atoms with Gasteiger partial charge in [-0.1, -0.05) is 12.1 Å². The van der Waals surface area contributed by atoms with Crippen LogP contribution in [0.5, 0.6) is 5.75 Å². The van der Waals surface area contributed by atoms with Crippen LogP contribution in [0.4, 0.5) is 5.69 Å². The summed E-state index contributed by atoms with van der Waals surface area (Å²) >= 11 is 0. The molecule has 3 rings (SSSR count). The minimum absolute atomic E-state index is 0.0495. The van der Waals surface area contributed by atoms with Gasteiger partial charge in [-0.2, -0.15) is 5.16 Å². The predicted molar refractivity (Wildman–Crippen MR) is 99.3 cm³/mol. The smallest absolute Gasteiger partial charge is 0.280 e. The molecule has 1 atom stereocenters. The van der Waals surface area contributed by atoms with E-state index in [0.29, 0.717) is 5.76 Å². The third kappa shape index (κ3) is 4.32. The number of anilines is 1. The fourth-order valence-corrected chi connectivity index (χ4v) is 2.69. The van der Waals surface area contributed by atoms with Gasteiger partial charge in [-0.3, -0.25) is 4.79 Å². The summed E-state index contributed by atoms with van der Waals surface area (Å²) in [6.07, 6.45) is 0.879. The summed E-state index contributed by atoms with van der Waals surface area (Å²) in [6.45, 7) is 2.06. The molecule has 0 fully saturated rings. The van der Waals surface area contributed by atoms with Gasteiger partial charge in [0.1, 0.15) is 5.75 Å². The Morgan fingerprint density at radius 1 is 1.12 bits per heavy atom. The van der Waals surface area contributed by atoms with E-state index in [-0.39, 0.29) is 11.7 Å². The Morgan fingerprint density at radius 3 is 2.52 bits per heavy atom. The lowest BCUT2D eigenvalue weighted by Gasteiger charge is -2.17. The van der Waals surface area contributed by atoms with Crippen molar-refractivity contribution < 1.29 is 9.26 Å². The van der Waals surface area contributed by atoms with E-state index in [1.807, 2.05) is 38.4 Å². The van der Waals surface area contributed by atoms with Crippen LogP contribution in [-0.4, -0.2) is 25.4 Å². The van der Waals surface area contributed by atoms with Crippen molar-refractivity contribution in [3.05, 3.63) is 70.5 Å². The highest BCUT2D eigenvalue weighted by Crippen LogP contribution is 2.22. The van der Waals surface area contributed by atoms with E-state index in [4.69, 9.17) is 9.26 Å². The highest BCUT2D eigenvalue weighted by atomic mass is 16.5. The van der Waals surface area contributed by atoms with E-state index in [9.17, 15) is 4.79 Å². The molecule has 0 aliphatic rings. The van der Waals surface area contributed by atoms with E-state index in [2.05, 4.69) is 41.2 Å². The van der Waals surface area contributed by atoms with Gasteiger partial charge in [-0.15, -0.1) is 0 Å². The van der Waals surface area contributed by atoms with Gasteiger partial charge in [0, 0.05) is 31.8 Å². The molecule has 5 heteroatoms. The summed E-state index contributed by atoms with van der Waals surface area (Å²) in [5.74, 6) is 1.31. The molecule has 1 aromatic heterocycles. The van der Waals surface area contributed by atoms with Crippen molar-refractivity contribution in [1.29, 1.82) is 0 Å². The Labute approximate surface area is 146 Å². The molecule has 0 aliphatic carbocycles. The number of ether oxygens (including phenoxy) is 1. The molecule has 0 radical (unpaired) electrons. The highest BCUT2D eigenvalue weighted by molar-refractivity contribution is 5.57. The first-order valence-corrected chi connectivity index (χ1v) is 8.23. The number of H-pyrrole nitrogens is 1. The van der Waals surface area contributed by atoms with Crippen LogP contribution in [0.25, 0.3) is 11.3 Å². The summed E-state index contributed by atoms with van der Waals surface area (Å²) in [5, 5.41) is 2.29. The molecule has 0 spiro atoms. The molecule has 2 aromatic carbocycles. The van der Waals surface area contributed by atoms with E-state index >= 15 is 0 Å². The van der Waals surface area contributed by atoms with Gasteiger partial charge in [0.05, 0.1) is 12.2 Å². The highest BCUT2D eigenvalue weighted by Gasteiger charge is 2.08. The van der Waals surface area contributed by atoms with Crippen LogP contribution in [-0.2, 0) is 6.42 Å². The van der Waals surface area contributed by atoms with Crippen molar-refractivity contribution in [1.82, 2.24) is 5.16 Å². The maximum Gasteiger partial charge on any atom is 0.280 e. The Morgan fingerprint density at radius 2 is 1.88 bits per heavy atom. The first-order chi connectivity index (χ1) is 12.0. The number of nitrogens with one attached hydrogen (secondary N) is 1. The van der Waals surface area contributed by atoms with Crippen LogP contribution in [0, 0.1) is 0 Å². The average molecular weight is 338 g/mol. The number of hydrogen-bond donors (Lipinski definition) is 1. The molecule has 1 unspecified atom stereocenters. The number of hydrogen-bond acceptors (Lipinski definition) is 4. The zero-order chi connectivity index (χ0) is 17.8. The topological polar surface area (TPSA) is 58.5 Å². The van der Waals surface area contributed by atoms with Crippen molar-refractivity contribution >= 4 is 5.69 Å². The second-order valence-corrected chi connectivity index (χ2v) is 6.30. The first kappa shape index (κ1) is 16.9. The maximum absolute atomic E-state index is 11.1. The number of rotatable bonds is 6. The summed E-state index contributed by atoms with van der Waals surface area (Å²) in [6, 6.07) is 17.4. The lowest BCUT2D eigenvalue weighted by Crippen LogP contribution is -2.15. The second-order valence-electron chi connectivity index (χ2n) is 6.30. The average Bonchev–Trinajstić information content (AvgIpc) is 3.02. The molecule has 3 aromatic rings. The molecule has 0 aliphatic heterocycles. The molecule has 130 valence electrons. The van der Waals surface area contributed by atoms with Gasteiger partial charge < -0.3 is 14.2 Å². The third-order valence-electron chi connectivity index (χ3n) is 3.95. The lowest BCUT2D eigenvalue weighted by molar-refractivity contribution is 0.222. The van der Waals surface area contributed by atoms with Gasteiger partial charge >= 0.3 is 0 Å². The molecule has 0 bridgehead atoms. The largest absolute Gasteiger partial charge is 0.490 e. The monoisotopic (exact) mass is 338 g/mol. The quantitative estimate of drug-likeness (QED) is 0.744. The van der Waals surface area contributed by atoms with Crippen LogP contribution >= 0.6 is 0 Å². The molecule has 1 heterocycles. The molecular weight excluding hydrogens is 316 g/mol. The summed E-state index contributed by atoms with van der Waals surface area (Å²) in [4.78, 5) is 13.2. The number of nitrogens with zero attached hydrogens (tertiary/aromatic N) is 1. The van der Waals surface area contributed by atoms with Gasteiger partial charge in [-0.25, -0.2) is 0 Å². The molecule has 25 heavy (non-hydrogen) atoms. The van der Waals surface area contributed by atoms with Crippen molar-refractivity contribution in [2.75, 3.05) is 19.0 Å². The lowest BCUT2D eigenvalue weighted by atomic mass is 10.1. The van der Waals surface area contributed by atoms with Crippen LogP contribution < -0.4 is 15.2 Å². The Kier molecular flexibility index (Phi) is 4.93.